The van der Waals surface area contributed by atoms with E-state index in [2.05, 4.69) is 33.1 Å². The maximum absolute atomic E-state index is 13.0. The van der Waals surface area contributed by atoms with Gasteiger partial charge in [0.25, 0.3) is 0 Å². The normalized spacial score (nSPS) is 14.9. The Balaban J connectivity index is 1.22. The highest BCUT2D eigenvalue weighted by molar-refractivity contribution is 6.29. The fourth-order valence-corrected chi connectivity index (χ4v) is 4.71. The van der Waals surface area contributed by atoms with Crippen LogP contribution in [0.4, 0.5) is 11.4 Å². The van der Waals surface area contributed by atoms with Crippen molar-refractivity contribution in [3.8, 4) is 0 Å². The average Bonchev–Trinajstić information content (AvgIpc) is 3.31. The Bertz CT molecular complexity index is 1450. The van der Waals surface area contributed by atoms with Crippen LogP contribution >= 0.6 is 0 Å². The molecule has 2 aromatic heterocycles. The van der Waals surface area contributed by atoms with Gasteiger partial charge in [0, 0.05) is 55.8 Å². The molecule has 0 atom stereocenters. The molecule has 2 aliphatic heterocycles. The van der Waals surface area contributed by atoms with E-state index in [9.17, 15) is 9.59 Å². The number of pyridine rings is 1. The molecular weight excluding hydrogens is 412 g/mol. The Hall–Kier alpha value is -4.06. The second-order valence-electron chi connectivity index (χ2n) is 8.70. The number of Topliss-reactive ketones (excluding diaryl/α,β-unsaturated/α-hetero) is 2. The fraction of sp³-hybridized carbons (Fsp3) is 0.185. The minimum Gasteiger partial charge on any atom is -0.367 e. The van der Waals surface area contributed by atoms with E-state index in [0.29, 0.717) is 12.8 Å². The molecule has 6 nitrogen and oxygen atoms in total. The highest BCUT2D eigenvalue weighted by atomic mass is 16.1. The van der Waals surface area contributed by atoms with Crippen molar-refractivity contribution >= 4 is 34.8 Å². The Kier molecular flexibility index (Phi) is 4.64. The smallest absolute Gasteiger partial charge is 0.178 e. The summed E-state index contributed by atoms with van der Waals surface area (Å²) in [6.45, 7) is 1.65. The van der Waals surface area contributed by atoms with Crippen molar-refractivity contribution in [1.29, 1.82) is 0 Å². The van der Waals surface area contributed by atoms with Crippen LogP contribution < -0.4 is 4.90 Å². The van der Waals surface area contributed by atoms with Gasteiger partial charge in [-0.25, -0.2) is 4.98 Å². The molecule has 162 valence electrons. The van der Waals surface area contributed by atoms with Crippen LogP contribution in [0.25, 0.3) is 5.65 Å². The van der Waals surface area contributed by atoms with Gasteiger partial charge in [-0.1, -0.05) is 12.1 Å². The quantitative estimate of drug-likeness (QED) is 0.453. The molecule has 6 rings (SSSR count). The zero-order chi connectivity index (χ0) is 22.4. The van der Waals surface area contributed by atoms with E-state index < -0.39 is 0 Å². The number of fused-ring (bicyclic) bond motifs is 3. The van der Waals surface area contributed by atoms with Crippen LogP contribution in [-0.2, 0) is 30.6 Å². The van der Waals surface area contributed by atoms with Gasteiger partial charge in [0.1, 0.15) is 5.65 Å². The number of anilines is 1. The lowest BCUT2D eigenvalue weighted by atomic mass is 9.94. The summed E-state index contributed by atoms with van der Waals surface area (Å²) >= 11 is 0. The van der Waals surface area contributed by atoms with Gasteiger partial charge in [0.15, 0.2) is 11.6 Å². The molecule has 0 saturated carbocycles. The molecular formula is C27H22N4O2. The number of carbonyl (C=O) groups excluding carboxylic acids is 2. The summed E-state index contributed by atoms with van der Waals surface area (Å²) in [5.41, 5.74) is 7.96. The van der Waals surface area contributed by atoms with E-state index in [-0.39, 0.29) is 11.6 Å². The first-order chi connectivity index (χ1) is 16.1. The number of nitrogens with zero attached hydrogens (tertiary/aromatic N) is 4. The number of rotatable bonds is 4. The molecule has 0 N–H and O–H groups in total. The largest absolute Gasteiger partial charge is 0.367 e. The molecule has 0 spiro atoms. The lowest BCUT2D eigenvalue weighted by Gasteiger charge is -2.31. The first kappa shape index (κ1) is 19.6. The molecule has 0 bridgehead atoms. The molecule has 0 amide bonds. The first-order valence-electron chi connectivity index (χ1n) is 11.1. The summed E-state index contributed by atoms with van der Waals surface area (Å²) in [5, 5.41) is 0. The summed E-state index contributed by atoms with van der Waals surface area (Å²) in [6.07, 6.45) is 8.67. The lowest BCUT2D eigenvalue weighted by Crippen LogP contribution is -2.30. The molecule has 2 aromatic carbocycles. The molecule has 0 radical (unpaired) electrons. The topological polar surface area (TPSA) is 67.0 Å². The summed E-state index contributed by atoms with van der Waals surface area (Å²) in [7, 11) is 0. The standard InChI is InChI=1S/C27H22N4O2/c32-24-15-21-14-23(3-4-25(21)29-16-24)31-9-6-19-1-2-20(13-22(19)17-31)26(33)11-18-5-8-30-10-7-28-27(30)12-18/h1-5,7-8,10,12-14,16H,6,9,11,15,17H2. The van der Waals surface area contributed by atoms with Crippen molar-refractivity contribution in [2.45, 2.75) is 25.8 Å². The SMILES string of the molecule is O=C1C=Nc2ccc(N3CCc4ccc(C(=O)Cc5ccn6ccnc6c5)cc4C3)cc2C1. The van der Waals surface area contributed by atoms with Gasteiger partial charge in [-0.3, -0.25) is 14.6 Å². The third-order valence-corrected chi connectivity index (χ3v) is 6.51. The van der Waals surface area contributed by atoms with Crippen molar-refractivity contribution in [2.75, 3.05) is 11.4 Å². The summed E-state index contributed by atoms with van der Waals surface area (Å²) in [6, 6.07) is 16.2. The van der Waals surface area contributed by atoms with E-state index in [0.717, 1.165) is 53.2 Å². The number of aromatic nitrogens is 2. The van der Waals surface area contributed by atoms with Gasteiger partial charge in [-0.15, -0.1) is 0 Å². The lowest BCUT2D eigenvalue weighted by molar-refractivity contribution is -0.112. The fourth-order valence-electron chi connectivity index (χ4n) is 4.71. The summed E-state index contributed by atoms with van der Waals surface area (Å²) < 4.78 is 1.93. The maximum Gasteiger partial charge on any atom is 0.178 e. The van der Waals surface area contributed by atoms with E-state index in [1.54, 1.807) is 6.20 Å². The van der Waals surface area contributed by atoms with Crippen LogP contribution in [0.5, 0.6) is 0 Å². The van der Waals surface area contributed by atoms with Gasteiger partial charge in [-0.2, -0.15) is 0 Å². The Morgan fingerprint density at radius 3 is 2.85 bits per heavy atom. The van der Waals surface area contributed by atoms with Crippen molar-refractivity contribution in [2.24, 2.45) is 4.99 Å². The van der Waals surface area contributed by atoms with Crippen molar-refractivity contribution in [3.05, 3.63) is 94.9 Å². The van der Waals surface area contributed by atoms with Gasteiger partial charge in [-0.05, 0) is 65.1 Å². The van der Waals surface area contributed by atoms with Gasteiger partial charge in [0.05, 0.1) is 11.9 Å². The van der Waals surface area contributed by atoms with Crippen molar-refractivity contribution < 1.29 is 9.59 Å². The second kappa shape index (κ2) is 7.81. The molecule has 4 aromatic rings. The molecule has 2 aliphatic rings. The molecule has 33 heavy (non-hydrogen) atoms. The van der Waals surface area contributed by atoms with Crippen molar-refractivity contribution in [1.82, 2.24) is 9.38 Å². The number of hydrogen-bond acceptors (Lipinski definition) is 5. The summed E-state index contributed by atoms with van der Waals surface area (Å²) in [4.78, 5) is 35.6. The molecule has 4 heterocycles. The van der Waals surface area contributed by atoms with E-state index in [1.807, 2.05) is 47.1 Å². The first-order valence-corrected chi connectivity index (χ1v) is 11.1. The minimum atomic E-state index is 0.0405. The molecule has 6 heteroatoms. The number of ketones is 2. The number of aliphatic imine (C=N–C) groups is 1. The predicted octanol–water partition coefficient (Wildman–Crippen LogP) is 4.15. The van der Waals surface area contributed by atoms with Crippen molar-refractivity contribution in [3.63, 3.8) is 0 Å². The number of benzene rings is 2. The van der Waals surface area contributed by atoms with E-state index in [4.69, 9.17) is 0 Å². The van der Waals surface area contributed by atoms with Crippen LogP contribution in [0.1, 0.15) is 32.6 Å². The maximum atomic E-state index is 13.0. The Morgan fingerprint density at radius 1 is 0.970 bits per heavy atom. The third-order valence-electron chi connectivity index (χ3n) is 6.51. The minimum absolute atomic E-state index is 0.0405. The van der Waals surface area contributed by atoms with E-state index >= 15 is 0 Å². The average molecular weight is 434 g/mol. The predicted molar refractivity (Wildman–Crippen MR) is 128 cm³/mol. The highest BCUT2D eigenvalue weighted by Gasteiger charge is 2.20. The van der Waals surface area contributed by atoms with E-state index in [1.165, 1.54) is 17.3 Å². The van der Waals surface area contributed by atoms with Crippen LogP contribution in [-0.4, -0.2) is 33.7 Å². The van der Waals surface area contributed by atoms with Crippen LogP contribution in [0, 0.1) is 0 Å². The van der Waals surface area contributed by atoms with Crippen LogP contribution in [0.3, 0.4) is 0 Å². The number of imidazole rings is 1. The highest BCUT2D eigenvalue weighted by Crippen LogP contribution is 2.31. The monoisotopic (exact) mass is 434 g/mol. The molecule has 0 fully saturated rings. The number of hydrogen-bond donors (Lipinski definition) is 0. The number of carbonyl (C=O) groups is 2. The second-order valence-corrected chi connectivity index (χ2v) is 8.70. The summed E-state index contributed by atoms with van der Waals surface area (Å²) in [5.74, 6) is 0.148. The molecule has 0 saturated heterocycles. The van der Waals surface area contributed by atoms with Gasteiger partial charge >= 0.3 is 0 Å². The van der Waals surface area contributed by atoms with Gasteiger partial charge < -0.3 is 9.30 Å². The van der Waals surface area contributed by atoms with Crippen LogP contribution in [0.2, 0.25) is 0 Å². The van der Waals surface area contributed by atoms with Gasteiger partial charge in [0.2, 0.25) is 0 Å². The molecule has 0 unspecified atom stereocenters. The zero-order valence-corrected chi connectivity index (χ0v) is 18.1. The third kappa shape index (κ3) is 3.74. The molecule has 0 aliphatic carbocycles. The Morgan fingerprint density at radius 2 is 1.91 bits per heavy atom. The Labute approximate surface area is 191 Å². The zero-order valence-electron chi connectivity index (χ0n) is 18.1. The van der Waals surface area contributed by atoms with Crippen LogP contribution in [0.15, 0.2) is 72.1 Å².